The Bertz CT molecular complexity index is 962. The van der Waals surface area contributed by atoms with Crippen molar-refractivity contribution in [1.82, 2.24) is 29.6 Å². The van der Waals surface area contributed by atoms with Gasteiger partial charge in [0.2, 0.25) is 0 Å². The van der Waals surface area contributed by atoms with Crippen molar-refractivity contribution >= 4 is 11.6 Å². The quantitative estimate of drug-likeness (QED) is 0.704. The smallest absolute Gasteiger partial charge is 0.256 e. The van der Waals surface area contributed by atoms with E-state index >= 15 is 0 Å². The van der Waals surface area contributed by atoms with Gasteiger partial charge in [-0.15, -0.1) is 10.2 Å². The molecule has 1 aliphatic heterocycles. The van der Waals surface area contributed by atoms with Gasteiger partial charge < -0.3 is 14.2 Å². The van der Waals surface area contributed by atoms with Crippen LogP contribution in [0.3, 0.4) is 0 Å². The molecule has 4 heterocycles. The van der Waals surface area contributed by atoms with Gasteiger partial charge in [0.25, 0.3) is 11.8 Å². The minimum Gasteiger partial charge on any atom is -0.374 e. The maximum Gasteiger partial charge on any atom is 0.256 e. The number of nitrogens with zero attached hydrogens (tertiary/aromatic N) is 6. The van der Waals surface area contributed by atoms with E-state index in [9.17, 15) is 4.79 Å². The van der Waals surface area contributed by atoms with Crippen LogP contribution >= 0.6 is 0 Å². The number of fused-ring (bicyclic) bond motifs is 1. The van der Waals surface area contributed by atoms with Crippen LogP contribution in [0.1, 0.15) is 53.8 Å². The maximum absolute atomic E-state index is 13.2. The van der Waals surface area contributed by atoms with E-state index in [2.05, 4.69) is 20.3 Å². The number of hydrogen-bond acceptors (Lipinski definition) is 7. The van der Waals surface area contributed by atoms with Crippen molar-refractivity contribution in [3.8, 4) is 0 Å². The monoisotopic (exact) mass is 354 g/mol. The summed E-state index contributed by atoms with van der Waals surface area (Å²) < 4.78 is 13.0. The molecule has 2 atom stereocenters. The third-order valence-electron chi connectivity index (χ3n) is 4.95. The zero-order valence-corrected chi connectivity index (χ0v) is 14.3. The summed E-state index contributed by atoms with van der Waals surface area (Å²) >= 11 is 0. The molecule has 9 nitrogen and oxygen atoms in total. The van der Waals surface area contributed by atoms with Crippen LogP contribution in [-0.4, -0.2) is 54.8 Å². The summed E-state index contributed by atoms with van der Waals surface area (Å²) in [5.74, 6) is 1.47. The zero-order valence-electron chi connectivity index (χ0n) is 14.3. The molecule has 0 spiro atoms. The van der Waals surface area contributed by atoms with Crippen LogP contribution in [0.15, 0.2) is 29.2 Å². The van der Waals surface area contributed by atoms with Crippen LogP contribution in [0.4, 0.5) is 0 Å². The Hall–Kier alpha value is -2.81. The minimum absolute atomic E-state index is 0.105. The molecule has 2 aliphatic rings. The molecule has 0 unspecified atom stereocenters. The fourth-order valence-corrected chi connectivity index (χ4v) is 3.38. The Kier molecular flexibility index (Phi) is 3.49. The van der Waals surface area contributed by atoms with Crippen LogP contribution in [-0.2, 0) is 4.74 Å². The normalized spacial score (nSPS) is 23.5. The van der Waals surface area contributed by atoms with E-state index in [1.54, 1.807) is 34.0 Å². The second kappa shape index (κ2) is 5.87. The fourth-order valence-electron chi connectivity index (χ4n) is 3.38. The third-order valence-corrected chi connectivity index (χ3v) is 4.95. The van der Waals surface area contributed by atoms with Crippen molar-refractivity contribution in [2.24, 2.45) is 0 Å². The average molecular weight is 354 g/mol. The molecule has 3 aromatic heterocycles. The van der Waals surface area contributed by atoms with E-state index in [0.29, 0.717) is 36.2 Å². The number of hydrogen-bond donors (Lipinski definition) is 0. The molecule has 0 radical (unpaired) electrons. The highest BCUT2D eigenvalue weighted by Gasteiger charge is 2.39. The van der Waals surface area contributed by atoms with Gasteiger partial charge in [-0.1, -0.05) is 5.16 Å². The summed E-state index contributed by atoms with van der Waals surface area (Å²) in [7, 11) is 0. The molecule has 0 aromatic carbocycles. The zero-order chi connectivity index (χ0) is 17.7. The first-order valence-corrected chi connectivity index (χ1v) is 8.76. The van der Waals surface area contributed by atoms with Crippen LogP contribution in [0, 0.1) is 0 Å². The van der Waals surface area contributed by atoms with Crippen molar-refractivity contribution in [2.75, 3.05) is 13.2 Å². The highest BCUT2D eigenvalue weighted by atomic mass is 16.5. The largest absolute Gasteiger partial charge is 0.374 e. The molecule has 26 heavy (non-hydrogen) atoms. The summed E-state index contributed by atoms with van der Waals surface area (Å²) in [4.78, 5) is 19.5. The van der Waals surface area contributed by atoms with Gasteiger partial charge in [-0.3, -0.25) is 9.20 Å². The SMILES string of the molecule is C[C@H]1OCCN(C(=O)c2ccc3nncn3c2)[C@@H]1c1nc(C2CC2)no1. The van der Waals surface area contributed by atoms with Gasteiger partial charge in [0.15, 0.2) is 11.5 Å². The lowest BCUT2D eigenvalue weighted by molar-refractivity contribution is -0.0600. The van der Waals surface area contributed by atoms with E-state index < -0.39 is 6.04 Å². The number of carbonyl (C=O) groups is 1. The van der Waals surface area contributed by atoms with Crippen molar-refractivity contribution in [1.29, 1.82) is 0 Å². The molecule has 2 fully saturated rings. The first-order valence-electron chi connectivity index (χ1n) is 8.76. The number of aromatic nitrogens is 5. The molecule has 1 amide bonds. The lowest BCUT2D eigenvalue weighted by Gasteiger charge is -2.37. The first-order chi connectivity index (χ1) is 12.7. The summed E-state index contributed by atoms with van der Waals surface area (Å²) in [5.41, 5.74) is 1.25. The Morgan fingerprint density at radius 3 is 3.04 bits per heavy atom. The van der Waals surface area contributed by atoms with E-state index in [1.807, 2.05) is 6.92 Å². The van der Waals surface area contributed by atoms with Crippen molar-refractivity contribution in [2.45, 2.75) is 37.8 Å². The van der Waals surface area contributed by atoms with Gasteiger partial charge >= 0.3 is 0 Å². The fraction of sp³-hybridized carbons (Fsp3) is 0.471. The van der Waals surface area contributed by atoms with Crippen LogP contribution in [0.25, 0.3) is 5.65 Å². The molecule has 0 N–H and O–H groups in total. The average Bonchev–Trinajstić information content (AvgIpc) is 3.20. The molecule has 5 rings (SSSR count). The molecule has 1 aliphatic carbocycles. The van der Waals surface area contributed by atoms with Crippen LogP contribution in [0.5, 0.6) is 0 Å². The Labute approximate surface area is 149 Å². The second-order valence-corrected chi connectivity index (χ2v) is 6.80. The lowest BCUT2D eigenvalue weighted by Crippen LogP contribution is -2.47. The van der Waals surface area contributed by atoms with E-state index in [1.165, 1.54) is 0 Å². The standard InChI is InChI=1S/C17H18N6O3/c1-10-14(16-19-15(21-26-16)11-2-3-11)23(6-7-25-10)17(24)12-4-5-13-20-18-9-22(13)8-12/h4-5,8-11,14H,2-3,6-7H2,1H3/t10-,14+/m1/s1. The second-order valence-electron chi connectivity index (χ2n) is 6.80. The highest BCUT2D eigenvalue weighted by Crippen LogP contribution is 2.39. The number of carbonyl (C=O) groups excluding carboxylic acids is 1. The molecule has 1 saturated heterocycles. The van der Waals surface area contributed by atoms with E-state index in [-0.39, 0.29) is 12.0 Å². The predicted molar refractivity (Wildman–Crippen MR) is 88.5 cm³/mol. The van der Waals surface area contributed by atoms with Crippen molar-refractivity contribution < 1.29 is 14.1 Å². The van der Waals surface area contributed by atoms with Gasteiger partial charge in [-0.25, -0.2) is 0 Å². The minimum atomic E-state index is -0.396. The highest BCUT2D eigenvalue weighted by molar-refractivity contribution is 5.94. The molecule has 1 saturated carbocycles. The van der Waals surface area contributed by atoms with Gasteiger partial charge in [-0.2, -0.15) is 4.98 Å². The molecule has 134 valence electrons. The van der Waals surface area contributed by atoms with Crippen molar-refractivity contribution in [3.63, 3.8) is 0 Å². The number of amides is 1. The third kappa shape index (κ3) is 2.55. The predicted octanol–water partition coefficient (Wildman–Crippen LogP) is 1.59. The van der Waals surface area contributed by atoms with Crippen LogP contribution < -0.4 is 0 Å². The molecule has 3 aromatic rings. The summed E-state index contributed by atoms with van der Waals surface area (Å²) in [6, 6.07) is 3.14. The molecule has 0 bridgehead atoms. The molecular weight excluding hydrogens is 336 g/mol. The Balaban J connectivity index is 1.48. The van der Waals surface area contributed by atoms with E-state index in [0.717, 1.165) is 18.7 Å². The van der Waals surface area contributed by atoms with Crippen LogP contribution in [0.2, 0.25) is 0 Å². The van der Waals surface area contributed by atoms with Gasteiger partial charge in [0.05, 0.1) is 18.3 Å². The summed E-state index contributed by atoms with van der Waals surface area (Å²) in [5, 5.41) is 11.9. The van der Waals surface area contributed by atoms with Crippen molar-refractivity contribution in [3.05, 3.63) is 41.9 Å². The summed E-state index contributed by atoms with van der Waals surface area (Å²) in [6.45, 7) is 2.87. The lowest BCUT2D eigenvalue weighted by atomic mass is 10.1. The topological polar surface area (TPSA) is 98.7 Å². The van der Waals surface area contributed by atoms with E-state index in [4.69, 9.17) is 9.26 Å². The number of ether oxygens (including phenoxy) is 1. The molecular formula is C17H18N6O3. The Morgan fingerprint density at radius 2 is 2.19 bits per heavy atom. The maximum atomic E-state index is 13.2. The molecule has 9 heteroatoms. The number of rotatable bonds is 3. The first kappa shape index (κ1) is 15.4. The summed E-state index contributed by atoms with van der Waals surface area (Å²) in [6.07, 6.45) is 5.28. The van der Waals surface area contributed by atoms with Gasteiger partial charge in [-0.05, 0) is 31.9 Å². The van der Waals surface area contributed by atoms with Gasteiger partial charge in [0, 0.05) is 18.7 Å². The van der Waals surface area contributed by atoms with Gasteiger partial charge in [0.1, 0.15) is 12.4 Å². The number of pyridine rings is 1. The Morgan fingerprint density at radius 1 is 1.31 bits per heavy atom. The number of morpholine rings is 1.